The SMILES string of the molecule is [C-]#[N+]c1ccc(NC(=O)[C@@](C)(O)CS(=O)(=O)c2ccc(OCC)c(-c3nc4c(CCC)nn(C)c4c(=O)[nH]3)c2)cc1C(F)(F)F. The number of nitrogens with zero attached hydrogens (tertiary/aromatic N) is 4. The Kier molecular flexibility index (Phi) is 9.08. The molecule has 3 N–H and O–H groups in total. The molecule has 2 aromatic carbocycles. The topological polar surface area (TPSA) is 161 Å². The van der Waals surface area contributed by atoms with E-state index in [0.717, 1.165) is 25.5 Å². The van der Waals surface area contributed by atoms with Gasteiger partial charge in [-0.2, -0.15) is 18.3 Å². The Labute approximate surface area is 255 Å². The monoisotopic (exact) mass is 646 g/mol. The molecular formula is C29H29F3N6O6S. The van der Waals surface area contributed by atoms with Gasteiger partial charge in [0.2, 0.25) is 0 Å². The number of hydrogen-bond acceptors (Lipinski definition) is 8. The smallest absolute Gasteiger partial charge is 0.407 e. The first-order valence-electron chi connectivity index (χ1n) is 13.6. The van der Waals surface area contributed by atoms with E-state index in [4.69, 9.17) is 11.3 Å². The van der Waals surface area contributed by atoms with Gasteiger partial charge in [0.15, 0.2) is 26.6 Å². The van der Waals surface area contributed by atoms with Crippen molar-refractivity contribution in [2.45, 2.75) is 50.3 Å². The van der Waals surface area contributed by atoms with Crippen molar-refractivity contribution in [1.82, 2.24) is 19.7 Å². The number of rotatable bonds is 10. The van der Waals surface area contributed by atoms with Gasteiger partial charge in [-0.25, -0.2) is 18.2 Å². The van der Waals surface area contributed by atoms with Gasteiger partial charge in [-0.1, -0.05) is 19.4 Å². The number of aromatic amines is 1. The van der Waals surface area contributed by atoms with E-state index in [0.29, 0.717) is 23.7 Å². The van der Waals surface area contributed by atoms with Crippen LogP contribution in [-0.2, 0) is 34.3 Å². The van der Waals surface area contributed by atoms with E-state index in [-0.39, 0.29) is 34.2 Å². The maximum Gasteiger partial charge on any atom is 0.407 e. The Bertz CT molecular complexity index is 1990. The number of ether oxygens (including phenoxy) is 1. The first kappa shape index (κ1) is 33.1. The molecule has 1 atom stereocenters. The second kappa shape index (κ2) is 12.3. The molecule has 0 bridgehead atoms. The summed E-state index contributed by atoms with van der Waals surface area (Å²) >= 11 is 0. The zero-order chi connectivity index (χ0) is 33.3. The molecule has 0 radical (unpaired) electrons. The van der Waals surface area contributed by atoms with E-state index < -0.39 is 55.8 Å². The third-order valence-corrected chi connectivity index (χ3v) is 8.67. The molecule has 2 heterocycles. The summed E-state index contributed by atoms with van der Waals surface area (Å²) in [6.07, 6.45) is -3.62. The molecule has 0 saturated heterocycles. The fourth-order valence-corrected chi connectivity index (χ4v) is 6.28. The van der Waals surface area contributed by atoms with Gasteiger partial charge < -0.3 is 20.1 Å². The Hall–Kier alpha value is -4.75. The normalized spacial score (nSPS) is 13.3. The predicted molar refractivity (Wildman–Crippen MR) is 159 cm³/mol. The number of amides is 1. The summed E-state index contributed by atoms with van der Waals surface area (Å²) in [4.78, 5) is 35.6. The molecule has 45 heavy (non-hydrogen) atoms. The Morgan fingerprint density at radius 2 is 1.91 bits per heavy atom. The molecule has 12 nitrogen and oxygen atoms in total. The lowest BCUT2D eigenvalue weighted by Crippen LogP contribution is -2.45. The summed E-state index contributed by atoms with van der Waals surface area (Å²) in [5.74, 6) is -2.24. The van der Waals surface area contributed by atoms with E-state index in [1.807, 2.05) is 6.92 Å². The van der Waals surface area contributed by atoms with Crippen LogP contribution in [0.15, 0.2) is 46.1 Å². The number of carbonyl (C=O) groups excluding carboxylic acids is 1. The zero-order valence-corrected chi connectivity index (χ0v) is 25.4. The minimum absolute atomic E-state index is 0.00573. The Morgan fingerprint density at radius 3 is 2.53 bits per heavy atom. The van der Waals surface area contributed by atoms with Crippen molar-refractivity contribution < 1.29 is 36.2 Å². The van der Waals surface area contributed by atoms with Crippen LogP contribution in [0.1, 0.15) is 38.4 Å². The van der Waals surface area contributed by atoms with Crippen LogP contribution >= 0.6 is 0 Å². The predicted octanol–water partition coefficient (Wildman–Crippen LogP) is 4.41. The molecule has 0 aliphatic rings. The number of halogens is 3. The summed E-state index contributed by atoms with van der Waals surface area (Å²) in [7, 11) is -2.84. The minimum atomic E-state index is -4.89. The molecule has 0 spiro atoms. The summed E-state index contributed by atoms with van der Waals surface area (Å²) in [5.41, 5.74) is -4.24. The van der Waals surface area contributed by atoms with E-state index in [1.54, 1.807) is 14.0 Å². The summed E-state index contributed by atoms with van der Waals surface area (Å²) < 4.78 is 74.1. The van der Waals surface area contributed by atoms with E-state index in [9.17, 15) is 36.3 Å². The van der Waals surface area contributed by atoms with Crippen molar-refractivity contribution in [3.05, 3.63) is 69.4 Å². The number of aromatic nitrogens is 4. The summed E-state index contributed by atoms with van der Waals surface area (Å²) in [6.45, 7) is 11.7. The number of anilines is 1. The number of hydrogen-bond donors (Lipinski definition) is 3. The van der Waals surface area contributed by atoms with Crippen molar-refractivity contribution >= 4 is 38.2 Å². The average molecular weight is 647 g/mol. The van der Waals surface area contributed by atoms with Crippen molar-refractivity contribution in [3.8, 4) is 17.1 Å². The Morgan fingerprint density at radius 1 is 1.20 bits per heavy atom. The second-order valence-corrected chi connectivity index (χ2v) is 12.3. The number of aryl methyl sites for hydroxylation is 2. The average Bonchev–Trinajstić information content (AvgIpc) is 3.27. The van der Waals surface area contributed by atoms with Crippen LogP contribution in [0.3, 0.4) is 0 Å². The lowest BCUT2D eigenvalue weighted by atomic mass is 10.1. The number of alkyl halides is 3. The molecular weight excluding hydrogens is 617 g/mol. The number of carbonyl (C=O) groups is 1. The van der Waals surface area contributed by atoms with Crippen LogP contribution in [0.5, 0.6) is 5.75 Å². The lowest BCUT2D eigenvalue weighted by Gasteiger charge is -2.23. The number of benzene rings is 2. The van der Waals surface area contributed by atoms with Crippen molar-refractivity contribution in [1.29, 1.82) is 0 Å². The van der Waals surface area contributed by atoms with Crippen molar-refractivity contribution in [3.63, 3.8) is 0 Å². The zero-order valence-electron chi connectivity index (χ0n) is 24.6. The van der Waals surface area contributed by atoms with Crippen LogP contribution in [0, 0.1) is 6.57 Å². The number of sulfone groups is 1. The number of nitrogens with one attached hydrogen (secondary N) is 2. The van der Waals surface area contributed by atoms with Gasteiger partial charge in [-0.05, 0) is 50.6 Å². The highest BCUT2D eigenvalue weighted by Crippen LogP contribution is 2.38. The van der Waals surface area contributed by atoms with Crippen LogP contribution in [0.4, 0.5) is 24.5 Å². The standard InChI is InChI=1S/C29H29F3N6O6S/c1-6-8-21-23-24(38(5)37-21)26(39)36-25(35-23)18-14-17(10-12-22(18)44-7-2)45(42,43)15-28(3,41)27(40)34-16-9-11-20(33-4)19(13-16)29(30,31)32/h9-14,41H,6-8,15H2,1-3,5H3,(H,34,40)(H,35,36,39)/t28-/m0/s1. The van der Waals surface area contributed by atoms with Gasteiger partial charge in [-0.15, -0.1) is 0 Å². The van der Waals surface area contributed by atoms with Crippen molar-refractivity contribution in [2.75, 3.05) is 17.7 Å². The van der Waals surface area contributed by atoms with E-state index in [1.165, 1.54) is 22.9 Å². The third-order valence-electron chi connectivity index (χ3n) is 6.76. The molecule has 1 amide bonds. The highest BCUT2D eigenvalue weighted by Gasteiger charge is 2.38. The number of fused-ring (bicyclic) bond motifs is 1. The molecule has 238 valence electrons. The van der Waals surface area contributed by atoms with Crippen molar-refractivity contribution in [2.24, 2.45) is 7.05 Å². The van der Waals surface area contributed by atoms with Crippen LogP contribution in [-0.4, -0.2) is 57.1 Å². The number of H-pyrrole nitrogens is 1. The number of aliphatic hydroxyl groups is 1. The highest BCUT2D eigenvalue weighted by atomic mass is 32.2. The molecule has 16 heteroatoms. The lowest BCUT2D eigenvalue weighted by molar-refractivity contribution is -0.137. The fourth-order valence-electron chi connectivity index (χ4n) is 4.67. The van der Waals surface area contributed by atoms with Gasteiger partial charge in [0, 0.05) is 12.7 Å². The molecule has 2 aromatic heterocycles. The summed E-state index contributed by atoms with van der Waals surface area (Å²) in [5, 5.41) is 17.3. The van der Waals surface area contributed by atoms with E-state index >= 15 is 0 Å². The second-order valence-electron chi connectivity index (χ2n) is 10.4. The van der Waals surface area contributed by atoms with Gasteiger partial charge in [0.1, 0.15) is 17.1 Å². The minimum Gasteiger partial charge on any atom is -0.493 e. The Balaban J connectivity index is 1.70. The molecule has 4 aromatic rings. The van der Waals surface area contributed by atoms with Gasteiger partial charge >= 0.3 is 6.18 Å². The molecule has 0 saturated carbocycles. The first-order valence-corrected chi connectivity index (χ1v) is 15.3. The first-order chi connectivity index (χ1) is 21.0. The van der Waals surface area contributed by atoms with Crippen LogP contribution in [0.2, 0.25) is 0 Å². The van der Waals surface area contributed by atoms with E-state index in [2.05, 4.69) is 25.2 Å². The van der Waals surface area contributed by atoms with Gasteiger partial charge in [0.05, 0.1) is 40.6 Å². The maximum atomic E-state index is 13.5. The largest absolute Gasteiger partial charge is 0.493 e. The maximum absolute atomic E-state index is 13.5. The molecule has 4 rings (SSSR count). The molecule has 0 aliphatic carbocycles. The molecule has 0 fully saturated rings. The summed E-state index contributed by atoms with van der Waals surface area (Å²) in [6, 6.07) is 6.13. The van der Waals surface area contributed by atoms with Gasteiger partial charge in [0.25, 0.3) is 11.5 Å². The quantitative estimate of drug-likeness (QED) is 0.214. The van der Waals surface area contributed by atoms with Crippen LogP contribution < -0.4 is 15.6 Å². The highest BCUT2D eigenvalue weighted by molar-refractivity contribution is 7.91. The third kappa shape index (κ3) is 6.84. The molecule has 0 unspecified atom stereocenters. The van der Waals surface area contributed by atoms with Crippen LogP contribution in [0.25, 0.3) is 27.3 Å². The molecule has 0 aliphatic heterocycles. The fraction of sp³-hybridized carbons (Fsp3) is 0.345. The van der Waals surface area contributed by atoms with Gasteiger partial charge in [-0.3, -0.25) is 14.3 Å².